The van der Waals surface area contributed by atoms with Crippen LogP contribution in [-0.4, -0.2) is 17.6 Å². The smallest absolute Gasteiger partial charge is 0.351 e. The van der Waals surface area contributed by atoms with Crippen LogP contribution < -0.4 is 0 Å². The molecule has 0 amide bonds. The predicted molar refractivity (Wildman–Crippen MR) is 53.7 cm³/mol. The minimum atomic E-state index is -0.418. The molecule has 0 aliphatic carbocycles. The van der Waals surface area contributed by atoms with Gasteiger partial charge in [-0.2, -0.15) is 0 Å². The maximum absolute atomic E-state index is 11.3. The molecule has 0 spiro atoms. The highest BCUT2D eigenvalue weighted by atomic mass is 79.9. The molecule has 0 aromatic carbocycles. The van der Waals surface area contributed by atoms with E-state index in [9.17, 15) is 4.79 Å². The largest absolute Gasteiger partial charge is 0.448 e. The van der Waals surface area contributed by atoms with Crippen molar-refractivity contribution >= 4 is 33.2 Å². The summed E-state index contributed by atoms with van der Waals surface area (Å²) in [6.07, 6.45) is 4.95. The van der Waals surface area contributed by atoms with Gasteiger partial charge in [0.05, 0.1) is 5.69 Å². The number of carbonyl (C=O) groups is 1. The van der Waals surface area contributed by atoms with Crippen LogP contribution in [-0.2, 0) is 4.74 Å². The minimum Gasteiger partial charge on any atom is -0.448 e. The van der Waals surface area contributed by atoms with Gasteiger partial charge in [0.1, 0.15) is 4.88 Å². The number of aromatic nitrogens is 1. The molecule has 3 nitrogen and oxygen atoms in total. The summed E-state index contributed by atoms with van der Waals surface area (Å²) in [5.41, 5.74) is 0.652. The van der Waals surface area contributed by atoms with Crippen LogP contribution >= 0.6 is 27.3 Å². The summed E-state index contributed by atoms with van der Waals surface area (Å²) >= 11 is 4.41. The average Bonchev–Trinajstić information content (AvgIpc) is 2.41. The standard InChI is InChI=1S/C8H6BrNO2S/c1-3-4-12-7(11)6-5(2)10-8(9)13-6/h1H,4H2,2H3. The van der Waals surface area contributed by atoms with Gasteiger partial charge in [-0.3, -0.25) is 0 Å². The first-order chi connectivity index (χ1) is 6.15. The molecule has 1 rings (SSSR count). The number of carbonyl (C=O) groups excluding carboxylic acids is 1. The zero-order valence-electron chi connectivity index (χ0n) is 6.83. The second kappa shape index (κ2) is 4.40. The number of terminal acetylenes is 1. The van der Waals surface area contributed by atoms with E-state index < -0.39 is 5.97 Å². The van der Waals surface area contributed by atoms with Crippen LogP contribution in [0.1, 0.15) is 15.4 Å². The van der Waals surface area contributed by atoms with E-state index in [1.165, 1.54) is 11.3 Å². The molecule has 1 heterocycles. The fourth-order valence-corrected chi connectivity index (χ4v) is 2.16. The summed E-state index contributed by atoms with van der Waals surface area (Å²) < 4.78 is 5.41. The molecule has 0 aliphatic rings. The van der Waals surface area contributed by atoms with Crippen LogP contribution in [0.2, 0.25) is 0 Å². The lowest BCUT2D eigenvalue weighted by Crippen LogP contribution is -2.04. The Hall–Kier alpha value is -0.860. The molecule has 0 saturated heterocycles. The fraction of sp³-hybridized carbons (Fsp3) is 0.250. The van der Waals surface area contributed by atoms with Crippen LogP contribution in [0.25, 0.3) is 0 Å². The SMILES string of the molecule is C#CCOC(=O)c1sc(Br)nc1C. The first-order valence-electron chi connectivity index (χ1n) is 3.38. The molecule has 0 radical (unpaired) electrons. The van der Waals surface area contributed by atoms with E-state index in [0.29, 0.717) is 14.5 Å². The molecule has 0 unspecified atom stereocenters. The lowest BCUT2D eigenvalue weighted by Gasteiger charge is -1.96. The molecule has 1 aromatic heterocycles. The summed E-state index contributed by atoms with van der Waals surface area (Å²) in [7, 11) is 0. The van der Waals surface area contributed by atoms with Crippen molar-refractivity contribution in [1.29, 1.82) is 0 Å². The molecule has 0 bridgehead atoms. The summed E-state index contributed by atoms with van der Waals surface area (Å²) in [6.45, 7) is 1.74. The summed E-state index contributed by atoms with van der Waals surface area (Å²) in [5, 5.41) is 0. The minimum absolute atomic E-state index is 0.00616. The Labute approximate surface area is 88.3 Å². The van der Waals surface area contributed by atoms with Crippen molar-refractivity contribution in [3.63, 3.8) is 0 Å². The van der Waals surface area contributed by atoms with Gasteiger partial charge in [0, 0.05) is 0 Å². The zero-order valence-corrected chi connectivity index (χ0v) is 9.24. The maximum Gasteiger partial charge on any atom is 0.351 e. The van der Waals surface area contributed by atoms with Gasteiger partial charge in [-0.1, -0.05) is 17.3 Å². The fourth-order valence-electron chi connectivity index (χ4n) is 0.726. The second-order valence-electron chi connectivity index (χ2n) is 2.16. The molecular weight excluding hydrogens is 254 g/mol. The van der Waals surface area contributed by atoms with E-state index in [4.69, 9.17) is 11.2 Å². The number of esters is 1. The molecule has 0 atom stereocenters. The number of hydrogen-bond acceptors (Lipinski definition) is 4. The number of halogens is 1. The Balaban J connectivity index is 2.78. The van der Waals surface area contributed by atoms with Gasteiger partial charge in [-0.05, 0) is 22.9 Å². The van der Waals surface area contributed by atoms with Gasteiger partial charge < -0.3 is 4.74 Å². The van der Waals surface area contributed by atoms with Crippen molar-refractivity contribution in [2.75, 3.05) is 6.61 Å². The average molecular weight is 260 g/mol. The van der Waals surface area contributed by atoms with Crippen molar-refractivity contribution in [3.05, 3.63) is 14.5 Å². The van der Waals surface area contributed by atoms with Gasteiger partial charge in [0.25, 0.3) is 0 Å². The van der Waals surface area contributed by atoms with E-state index in [2.05, 4.69) is 26.8 Å². The van der Waals surface area contributed by atoms with Gasteiger partial charge in [0.15, 0.2) is 10.5 Å². The third-order valence-corrected chi connectivity index (χ3v) is 2.83. The number of nitrogens with zero attached hydrogens (tertiary/aromatic N) is 1. The normalized spacial score (nSPS) is 9.31. The molecule has 0 saturated carbocycles. The van der Waals surface area contributed by atoms with Gasteiger partial charge >= 0.3 is 5.97 Å². The highest BCUT2D eigenvalue weighted by molar-refractivity contribution is 9.11. The molecule has 5 heteroatoms. The Morgan fingerprint density at radius 3 is 3.00 bits per heavy atom. The number of ether oxygens (including phenoxy) is 1. The molecular formula is C8H6BrNO2S. The lowest BCUT2D eigenvalue weighted by molar-refractivity contribution is 0.0561. The molecule has 0 aliphatic heterocycles. The monoisotopic (exact) mass is 259 g/mol. The molecule has 0 N–H and O–H groups in total. The molecule has 68 valence electrons. The highest BCUT2D eigenvalue weighted by Gasteiger charge is 2.14. The van der Waals surface area contributed by atoms with Crippen molar-refractivity contribution in [1.82, 2.24) is 4.98 Å². The Morgan fingerprint density at radius 1 is 1.85 bits per heavy atom. The van der Waals surface area contributed by atoms with E-state index >= 15 is 0 Å². The summed E-state index contributed by atoms with van der Waals surface area (Å²) in [4.78, 5) is 15.8. The number of hydrogen-bond donors (Lipinski definition) is 0. The van der Waals surface area contributed by atoms with Gasteiger partial charge in [-0.25, -0.2) is 9.78 Å². The van der Waals surface area contributed by atoms with Crippen LogP contribution in [0.15, 0.2) is 3.92 Å². The van der Waals surface area contributed by atoms with Crippen LogP contribution in [0.3, 0.4) is 0 Å². The highest BCUT2D eigenvalue weighted by Crippen LogP contribution is 2.23. The Bertz CT molecular complexity index is 367. The van der Waals surface area contributed by atoms with Crippen LogP contribution in [0, 0.1) is 19.3 Å². The topological polar surface area (TPSA) is 39.2 Å². The molecule has 13 heavy (non-hydrogen) atoms. The van der Waals surface area contributed by atoms with Crippen molar-refractivity contribution < 1.29 is 9.53 Å². The van der Waals surface area contributed by atoms with Crippen molar-refractivity contribution in [2.45, 2.75) is 6.92 Å². The third kappa shape index (κ3) is 2.54. The van der Waals surface area contributed by atoms with Crippen LogP contribution in [0.4, 0.5) is 0 Å². The molecule has 0 fully saturated rings. The number of thiazole rings is 1. The first kappa shape index (κ1) is 10.2. The summed E-state index contributed by atoms with van der Waals surface area (Å²) in [6, 6.07) is 0. The van der Waals surface area contributed by atoms with Gasteiger partial charge in [-0.15, -0.1) is 6.42 Å². The van der Waals surface area contributed by atoms with E-state index in [1.54, 1.807) is 6.92 Å². The zero-order chi connectivity index (χ0) is 9.84. The second-order valence-corrected chi connectivity index (χ2v) is 4.44. The van der Waals surface area contributed by atoms with E-state index in [0.717, 1.165) is 0 Å². The van der Waals surface area contributed by atoms with E-state index in [-0.39, 0.29) is 6.61 Å². The quantitative estimate of drug-likeness (QED) is 0.603. The van der Waals surface area contributed by atoms with E-state index in [1.807, 2.05) is 0 Å². The summed E-state index contributed by atoms with van der Waals surface area (Å²) in [5.74, 6) is 1.81. The molecule has 1 aromatic rings. The lowest BCUT2D eigenvalue weighted by atomic mass is 10.4. The third-order valence-electron chi connectivity index (χ3n) is 1.24. The number of rotatable bonds is 2. The number of aryl methyl sites for hydroxylation is 1. The van der Waals surface area contributed by atoms with Crippen molar-refractivity contribution in [3.8, 4) is 12.3 Å². The Kier molecular flexibility index (Phi) is 3.46. The Morgan fingerprint density at radius 2 is 2.54 bits per heavy atom. The van der Waals surface area contributed by atoms with Gasteiger partial charge in [0.2, 0.25) is 0 Å². The van der Waals surface area contributed by atoms with Crippen molar-refractivity contribution in [2.24, 2.45) is 0 Å². The first-order valence-corrected chi connectivity index (χ1v) is 4.99. The van der Waals surface area contributed by atoms with Crippen LogP contribution in [0.5, 0.6) is 0 Å². The predicted octanol–water partition coefficient (Wildman–Crippen LogP) is 2.00. The maximum atomic E-state index is 11.3.